The summed E-state index contributed by atoms with van der Waals surface area (Å²) < 4.78 is 5.78. The third-order valence-electron chi connectivity index (χ3n) is 4.01. The number of ether oxygens (including phenoxy) is 1. The normalized spacial score (nSPS) is 23.6. The summed E-state index contributed by atoms with van der Waals surface area (Å²) in [4.78, 5) is 7.14. The van der Waals surface area contributed by atoms with E-state index in [0.29, 0.717) is 0 Å². The van der Waals surface area contributed by atoms with Gasteiger partial charge in [-0.05, 0) is 32.4 Å². The molecule has 3 rings (SSSR count). The maximum Gasteiger partial charge on any atom is 0.0740 e. The second-order valence-electron chi connectivity index (χ2n) is 5.97. The lowest BCUT2D eigenvalue weighted by Gasteiger charge is -2.35. The van der Waals surface area contributed by atoms with Crippen LogP contribution in [0.2, 0.25) is 5.02 Å². The van der Waals surface area contributed by atoms with Gasteiger partial charge in [0.25, 0.3) is 0 Å². The van der Waals surface area contributed by atoms with Crippen LogP contribution >= 0.6 is 11.6 Å². The third kappa shape index (κ3) is 3.05. The molecule has 0 amide bonds. The summed E-state index contributed by atoms with van der Waals surface area (Å²) >= 11 is 6.54. The number of fused-ring (bicyclic) bond motifs is 1. The molecule has 1 saturated heterocycles. The molecule has 4 heteroatoms. The molecular formula is C17H21ClN2O. The molecule has 2 aromatic rings. The van der Waals surface area contributed by atoms with Gasteiger partial charge in [-0.1, -0.05) is 29.8 Å². The molecule has 1 aromatic heterocycles. The minimum absolute atomic E-state index is 0.258. The van der Waals surface area contributed by atoms with E-state index in [1.807, 2.05) is 18.2 Å². The number of hydrogen-bond acceptors (Lipinski definition) is 3. The summed E-state index contributed by atoms with van der Waals surface area (Å²) in [5.74, 6) is 0. The lowest BCUT2D eigenvalue weighted by molar-refractivity contribution is -0.0707. The molecule has 3 nitrogen and oxygen atoms in total. The Morgan fingerprint density at radius 3 is 2.62 bits per heavy atom. The van der Waals surface area contributed by atoms with Crippen molar-refractivity contribution in [3.05, 3.63) is 40.5 Å². The van der Waals surface area contributed by atoms with Crippen molar-refractivity contribution in [1.29, 1.82) is 0 Å². The van der Waals surface area contributed by atoms with Crippen LogP contribution in [-0.4, -0.2) is 35.2 Å². The lowest BCUT2D eigenvalue weighted by Crippen LogP contribution is -2.45. The minimum Gasteiger partial charge on any atom is -0.373 e. The molecule has 1 aromatic carbocycles. The number of nitrogens with zero attached hydrogens (tertiary/aromatic N) is 2. The van der Waals surface area contributed by atoms with Gasteiger partial charge in [0.05, 0.1) is 28.4 Å². The Bertz CT molecular complexity index is 649. The topological polar surface area (TPSA) is 25.4 Å². The Morgan fingerprint density at radius 2 is 1.90 bits per heavy atom. The molecular weight excluding hydrogens is 284 g/mol. The number of benzene rings is 1. The van der Waals surface area contributed by atoms with Gasteiger partial charge in [0, 0.05) is 25.0 Å². The van der Waals surface area contributed by atoms with Crippen LogP contribution in [0.5, 0.6) is 0 Å². The average molecular weight is 305 g/mol. The molecule has 0 N–H and O–H groups in total. The summed E-state index contributed by atoms with van der Waals surface area (Å²) in [5.41, 5.74) is 3.10. The van der Waals surface area contributed by atoms with Gasteiger partial charge >= 0.3 is 0 Å². The van der Waals surface area contributed by atoms with Gasteiger partial charge in [-0.2, -0.15) is 0 Å². The van der Waals surface area contributed by atoms with E-state index in [-0.39, 0.29) is 12.2 Å². The molecule has 1 aliphatic rings. The van der Waals surface area contributed by atoms with Gasteiger partial charge in [0.1, 0.15) is 0 Å². The van der Waals surface area contributed by atoms with Crippen molar-refractivity contribution in [3.8, 4) is 0 Å². The van der Waals surface area contributed by atoms with Gasteiger partial charge in [0.2, 0.25) is 0 Å². The second-order valence-corrected chi connectivity index (χ2v) is 6.34. The zero-order valence-electron chi connectivity index (χ0n) is 12.8. The SMILES string of the molecule is Cc1c(Cl)c(CN2CC(C)OC(C)C2)nc2ccccc12. The Labute approximate surface area is 130 Å². The number of hydrogen-bond donors (Lipinski definition) is 0. The Balaban J connectivity index is 1.92. The standard InChI is InChI=1S/C17H21ClN2O/c1-11-8-20(9-12(2)21-11)10-16-17(18)13(3)14-6-4-5-7-15(14)19-16/h4-7,11-12H,8-10H2,1-3H3. The quantitative estimate of drug-likeness (QED) is 0.843. The minimum atomic E-state index is 0.258. The molecule has 2 heterocycles. The summed E-state index contributed by atoms with van der Waals surface area (Å²) in [5, 5.41) is 1.93. The molecule has 0 spiro atoms. The van der Waals surface area contributed by atoms with Crippen LogP contribution in [-0.2, 0) is 11.3 Å². The van der Waals surface area contributed by atoms with Gasteiger partial charge in [-0.3, -0.25) is 4.90 Å². The monoisotopic (exact) mass is 304 g/mol. The van der Waals surface area contributed by atoms with E-state index in [2.05, 4.69) is 31.7 Å². The highest BCUT2D eigenvalue weighted by Gasteiger charge is 2.23. The number of para-hydroxylation sites is 1. The van der Waals surface area contributed by atoms with Crippen LogP contribution in [0.1, 0.15) is 25.1 Å². The van der Waals surface area contributed by atoms with Crippen molar-refractivity contribution < 1.29 is 4.74 Å². The number of morpholine rings is 1. The molecule has 1 fully saturated rings. The first-order valence-electron chi connectivity index (χ1n) is 7.46. The fourth-order valence-corrected chi connectivity index (χ4v) is 3.35. The van der Waals surface area contributed by atoms with Gasteiger partial charge in [-0.25, -0.2) is 4.98 Å². The van der Waals surface area contributed by atoms with Crippen LogP contribution < -0.4 is 0 Å². The van der Waals surface area contributed by atoms with Crippen LogP contribution in [0.15, 0.2) is 24.3 Å². The maximum absolute atomic E-state index is 6.54. The van der Waals surface area contributed by atoms with Crippen molar-refractivity contribution in [3.63, 3.8) is 0 Å². The van der Waals surface area contributed by atoms with Crippen molar-refractivity contribution >= 4 is 22.5 Å². The Hall–Kier alpha value is -1.16. The van der Waals surface area contributed by atoms with Gasteiger partial charge in [-0.15, -0.1) is 0 Å². The first-order valence-corrected chi connectivity index (χ1v) is 7.84. The summed E-state index contributed by atoms with van der Waals surface area (Å²) in [6.45, 7) is 8.93. The lowest BCUT2D eigenvalue weighted by atomic mass is 10.1. The highest BCUT2D eigenvalue weighted by Crippen LogP contribution is 2.28. The molecule has 0 bridgehead atoms. The van der Waals surface area contributed by atoms with E-state index in [1.165, 1.54) is 0 Å². The highest BCUT2D eigenvalue weighted by molar-refractivity contribution is 6.32. The molecule has 112 valence electrons. The van der Waals surface area contributed by atoms with Crippen molar-refractivity contribution in [1.82, 2.24) is 9.88 Å². The molecule has 2 unspecified atom stereocenters. The van der Waals surface area contributed by atoms with E-state index < -0.39 is 0 Å². The number of aromatic nitrogens is 1. The second kappa shape index (κ2) is 5.91. The number of halogens is 1. The van der Waals surface area contributed by atoms with Crippen molar-refractivity contribution in [2.24, 2.45) is 0 Å². The maximum atomic E-state index is 6.54. The molecule has 2 atom stereocenters. The predicted molar refractivity (Wildman–Crippen MR) is 86.8 cm³/mol. The molecule has 0 saturated carbocycles. The van der Waals surface area contributed by atoms with Crippen LogP contribution in [0.25, 0.3) is 10.9 Å². The largest absolute Gasteiger partial charge is 0.373 e. The van der Waals surface area contributed by atoms with Gasteiger partial charge in [0.15, 0.2) is 0 Å². The predicted octanol–water partition coefficient (Wildman–Crippen LogP) is 3.81. The van der Waals surface area contributed by atoms with Crippen LogP contribution in [0.4, 0.5) is 0 Å². The number of pyridine rings is 1. The fraction of sp³-hybridized carbons (Fsp3) is 0.471. The van der Waals surface area contributed by atoms with E-state index in [9.17, 15) is 0 Å². The number of aryl methyl sites for hydroxylation is 1. The summed E-state index contributed by atoms with van der Waals surface area (Å²) in [6, 6.07) is 8.17. The summed E-state index contributed by atoms with van der Waals surface area (Å²) in [6.07, 6.45) is 0.517. The van der Waals surface area contributed by atoms with Crippen molar-refractivity contribution in [2.45, 2.75) is 39.5 Å². The van der Waals surface area contributed by atoms with Gasteiger partial charge < -0.3 is 4.74 Å². The first-order chi connectivity index (χ1) is 10.0. The summed E-state index contributed by atoms with van der Waals surface area (Å²) in [7, 11) is 0. The number of rotatable bonds is 2. The van der Waals surface area contributed by atoms with E-state index in [1.54, 1.807) is 0 Å². The Kier molecular flexibility index (Phi) is 4.16. The molecule has 0 radical (unpaired) electrons. The Morgan fingerprint density at radius 1 is 1.24 bits per heavy atom. The van der Waals surface area contributed by atoms with E-state index in [0.717, 1.165) is 46.8 Å². The smallest absolute Gasteiger partial charge is 0.0740 e. The zero-order chi connectivity index (χ0) is 15.0. The average Bonchev–Trinajstić information content (AvgIpc) is 2.43. The molecule has 0 aliphatic carbocycles. The van der Waals surface area contributed by atoms with Crippen LogP contribution in [0.3, 0.4) is 0 Å². The van der Waals surface area contributed by atoms with Crippen molar-refractivity contribution in [2.75, 3.05) is 13.1 Å². The van der Waals surface area contributed by atoms with E-state index in [4.69, 9.17) is 21.3 Å². The zero-order valence-corrected chi connectivity index (χ0v) is 13.5. The third-order valence-corrected chi connectivity index (χ3v) is 4.52. The highest BCUT2D eigenvalue weighted by atomic mass is 35.5. The fourth-order valence-electron chi connectivity index (χ4n) is 3.15. The first kappa shape index (κ1) is 14.8. The van der Waals surface area contributed by atoms with E-state index >= 15 is 0 Å². The van der Waals surface area contributed by atoms with Crippen LogP contribution in [0, 0.1) is 6.92 Å². The molecule has 1 aliphatic heterocycles. The molecule has 21 heavy (non-hydrogen) atoms.